The van der Waals surface area contributed by atoms with E-state index in [0.717, 1.165) is 64.4 Å². The third-order valence-corrected chi connectivity index (χ3v) is 11.6. The van der Waals surface area contributed by atoms with E-state index in [-0.39, 0.29) is 134 Å². The van der Waals surface area contributed by atoms with E-state index in [0.29, 0.717) is 112 Å². The van der Waals surface area contributed by atoms with Crippen LogP contribution in [0.2, 0.25) is 0 Å². The van der Waals surface area contributed by atoms with Gasteiger partial charge in [-0.2, -0.15) is 0 Å². The fraction of sp³-hybridized carbons (Fsp3) is 0.890. The Hall–Kier alpha value is -4.81. The second-order valence-electron chi connectivity index (χ2n) is 25.5. The molecule has 0 bridgehead atoms. The van der Waals surface area contributed by atoms with Gasteiger partial charge in [0.2, 0.25) is 17.7 Å². The van der Waals surface area contributed by atoms with Gasteiger partial charge in [-0.3, -0.25) is 43.2 Å². The molecule has 0 unspecified atom stereocenters. The van der Waals surface area contributed by atoms with Crippen molar-refractivity contribution < 1.29 is 76.3 Å². The Morgan fingerprint density at radius 3 is 0.772 bits per heavy atom. The van der Waals surface area contributed by atoms with Gasteiger partial charge in [0.05, 0.1) is 53.0 Å². The smallest absolute Gasteiger partial charge is 0.308 e. The number of nitrogens with zero attached hydrogens (tertiary/aromatic N) is 3. The summed E-state index contributed by atoms with van der Waals surface area (Å²) in [6.07, 6.45) is 9.28. The molecule has 0 N–H and O–H groups in total. The quantitative estimate of drug-likeness (QED) is 0.0481. The lowest BCUT2D eigenvalue weighted by Crippen LogP contribution is -2.31. The normalized spacial score (nSPS) is 8.94. The molecule has 0 aliphatic carbocycles. The number of rotatable bonds is 30. The van der Waals surface area contributed by atoms with Crippen LogP contribution in [0.5, 0.6) is 0 Å². The number of hydrogen-bond acceptors (Lipinski definition) is 16. The van der Waals surface area contributed by atoms with Crippen molar-refractivity contribution in [1.82, 2.24) is 14.7 Å². The van der Waals surface area contributed by atoms with Gasteiger partial charge in [-0.25, -0.2) is 0 Å². The predicted molar refractivity (Wildman–Crippen MR) is 443 cm³/mol. The Kier molecular flexibility index (Phi) is 161. The van der Waals surface area contributed by atoms with Crippen molar-refractivity contribution in [1.29, 1.82) is 0 Å². The molecule has 0 saturated carbocycles. The molecule has 0 radical (unpaired) electrons. The van der Waals surface area contributed by atoms with Gasteiger partial charge < -0.3 is 47.9 Å². The molecule has 3 amide bonds. The molecule has 19 heteroatoms. The number of carbonyl (C=O) groups is 9. The van der Waals surface area contributed by atoms with E-state index in [1.54, 1.807) is 46.9 Å². The van der Waals surface area contributed by atoms with Crippen LogP contribution in [0.4, 0.5) is 0 Å². The molecule has 0 rings (SSSR count). The van der Waals surface area contributed by atoms with E-state index in [1.807, 2.05) is 92.9 Å². The van der Waals surface area contributed by atoms with Gasteiger partial charge in [0, 0.05) is 98.9 Å². The zero-order valence-corrected chi connectivity index (χ0v) is 65.3. The standard InChI is InChI=1S/C10H21NO.C9H19NO.C8H17NO.C8H16O2.2C7H14O2.2C6H12O2.C6H14O.C5H10O2.10CH4/c1-5-11(6-2)10(12)8-7-9(3)4;1-5-10(6-2)9(11)7-8(3)4;1-7(2)5-6-8(10)9(3)4;1-4-10-8(9)6-5-7(2)3;1-6(2)4-5-7(8)9-3;1-4-9-7(8)5-6(2)3;1-5(2)4-6(7)8-3;1-4-8-6(7)5(2)3;1-6(2)4-5-7-3;1-4(2)5(6)7-3;;;;;;;;;;/h9H,5-8H2,1-4H3;8H,5-7H2,1-4H3;7H,5-6H2,1-4H3;7H,4-6H2,1-3H3;2*6H,4-5H2,1-3H3;2*5H,4H2,1-3H3;6H,4-5H2,1-3H3;4H,1-3H3;10*1H4. The molecule has 0 atom stereocenters. The Balaban J connectivity index is -0.0000000398. The molecule has 101 heavy (non-hydrogen) atoms. The van der Waals surface area contributed by atoms with Gasteiger partial charge in [0.25, 0.3) is 0 Å². The molecule has 0 heterocycles. The van der Waals surface area contributed by atoms with Crippen molar-refractivity contribution in [2.24, 2.45) is 59.2 Å². The second kappa shape index (κ2) is 109. The average Bonchev–Trinajstić information content (AvgIpc) is 1.10. The highest BCUT2D eigenvalue weighted by molar-refractivity contribution is 5.77. The number of carbonyl (C=O) groups excluding carboxylic acids is 9. The summed E-state index contributed by atoms with van der Waals surface area (Å²) in [5, 5.41) is 0. The number of ether oxygens (including phenoxy) is 7. The maximum atomic E-state index is 11.4. The molecule has 0 aromatic heterocycles. The first-order valence-electron chi connectivity index (χ1n) is 34.0. The van der Waals surface area contributed by atoms with Crippen LogP contribution in [0, 0.1) is 59.2 Å². The van der Waals surface area contributed by atoms with Crippen molar-refractivity contribution >= 4 is 53.5 Å². The molecule has 0 aromatic rings. The molecule has 0 aliphatic heterocycles. The Morgan fingerprint density at radius 2 is 0.564 bits per heavy atom. The topological polar surface area (TPSA) is 228 Å². The first-order valence-corrected chi connectivity index (χ1v) is 34.0. The summed E-state index contributed by atoms with van der Waals surface area (Å²) in [5.74, 6) is 4.66. The van der Waals surface area contributed by atoms with E-state index in [9.17, 15) is 43.2 Å². The van der Waals surface area contributed by atoms with E-state index < -0.39 is 0 Å². The van der Waals surface area contributed by atoms with E-state index in [4.69, 9.17) is 14.2 Å². The van der Waals surface area contributed by atoms with Gasteiger partial charge >= 0.3 is 35.8 Å². The molecular weight excluding hydrogens is 1280 g/mol. The summed E-state index contributed by atoms with van der Waals surface area (Å²) in [4.78, 5) is 102. The van der Waals surface area contributed by atoms with Crippen LogP contribution in [0.3, 0.4) is 0 Å². The van der Waals surface area contributed by atoms with Crippen molar-refractivity contribution in [3.05, 3.63) is 0 Å². The van der Waals surface area contributed by atoms with E-state index >= 15 is 0 Å². The SMILES string of the molecule is C.C.C.C.C.C.C.C.C.C.CC(C)CCC(=O)N(C)C.CCN(CC)C(=O)CC(C)C.CCN(CC)C(=O)CCC(C)C.CCOC(=O)C(C)C.CCOC(=O)CC(C)C.CCOC(=O)CCC(C)C.COC(=O)C(C)C.COC(=O)CC(C)C.COC(=O)CCC(C)C.COCCC(C)C. The van der Waals surface area contributed by atoms with E-state index in [1.165, 1.54) is 27.8 Å². The molecule has 0 aromatic carbocycles. The van der Waals surface area contributed by atoms with Crippen LogP contribution in [-0.4, -0.2) is 163 Å². The lowest BCUT2D eigenvalue weighted by molar-refractivity contribution is -0.147. The lowest BCUT2D eigenvalue weighted by Gasteiger charge is -2.19. The molecule has 0 aliphatic rings. The maximum Gasteiger partial charge on any atom is 0.308 e. The highest BCUT2D eigenvalue weighted by Gasteiger charge is 2.12. The number of hydrogen-bond donors (Lipinski definition) is 0. The van der Waals surface area contributed by atoms with Crippen molar-refractivity contribution in [2.75, 3.05) is 95.1 Å². The van der Waals surface area contributed by atoms with Crippen LogP contribution in [0.1, 0.15) is 338 Å². The molecule has 19 nitrogen and oxygen atoms in total. The minimum atomic E-state index is -0.153. The van der Waals surface area contributed by atoms with Crippen molar-refractivity contribution in [3.63, 3.8) is 0 Å². The fourth-order valence-electron chi connectivity index (χ4n) is 5.85. The first-order chi connectivity index (χ1) is 42.0. The van der Waals surface area contributed by atoms with Gasteiger partial charge in [0.15, 0.2) is 0 Å². The summed E-state index contributed by atoms with van der Waals surface area (Å²) in [5.41, 5.74) is 0. The number of methoxy groups -OCH3 is 4. The minimum absolute atomic E-state index is 0. The van der Waals surface area contributed by atoms with Crippen LogP contribution in [-0.2, 0) is 76.3 Å². The Bertz CT molecular complexity index is 1670. The van der Waals surface area contributed by atoms with Crippen LogP contribution in [0.15, 0.2) is 0 Å². The van der Waals surface area contributed by atoms with Crippen LogP contribution in [0.25, 0.3) is 0 Å². The number of esters is 6. The summed E-state index contributed by atoms with van der Waals surface area (Å²) in [7, 11) is 9.55. The third-order valence-electron chi connectivity index (χ3n) is 11.6. The Morgan fingerprint density at radius 1 is 0.287 bits per heavy atom. The van der Waals surface area contributed by atoms with Crippen LogP contribution >= 0.6 is 0 Å². The van der Waals surface area contributed by atoms with Gasteiger partial charge in [0.1, 0.15) is 0 Å². The molecule has 0 fully saturated rings. The number of amides is 3. The molecule has 0 spiro atoms. The highest BCUT2D eigenvalue weighted by Crippen LogP contribution is 2.09. The van der Waals surface area contributed by atoms with Gasteiger partial charge in [-0.1, -0.05) is 213 Å². The third kappa shape index (κ3) is 150. The monoisotopic (exact) mass is 1470 g/mol. The van der Waals surface area contributed by atoms with Crippen LogP contribution < -0.4 is 0 Å². The van der Waals surface area contributed by atoms with E-state index in [2.05, 4.69) is 102 Å². The first kappa shape index (κ1) is 150. The zero-order valence-electron chi connectivity index (χ0n) is 65.3. The summed E-state index contributed by atoms with van der Waals surface area (Å²) in [6, 6.07) is 0. The lowest BCUT2D eigenvalue weighted by atomic mass is 10.1. The second-order valence-corrected chi connectivity index (χ2v) is 25.5. The summed E-state index contributed by atoms with van der Waals surface area (Å²) < 4.78 is 32.2. The summed E-state index contributed by atoms with van der Waals surface area (Å²) in [6.45, 7) is 59.9. The summed E-state index contributed by atoms with van der Waals surface area (Å²) >= 11 is 0. The zero-order chi connectivity index (χ0) is 73.8. The fourth-order valence-corrected chi connectivity index (χ4v) is 5.85. The average molecular weight is 1470 g/mol. The largest absolute Gasteiger partial charge is 0.469 e. The predicted octanol–water partition coefficient (Wildman–Crippen LogP) is 22.1. The van der Waals surface area contributed by atoms with Gasteiger partial charge in [-0.05, 0) is 128 Å². The Labute approximate surface area is 634 Å². The van der Waals surface area contributed by atoms with Gasteiger partial charge in [-0.15, -0.1) is 0 Å². The minimum Gasteiger partial charge on any atom is -0.469 e. The molecule has 628 valence electrons. The highest BCUT2D eigenvalue weighted by atomic mass is 16.5. The molecule has 0 saturated heterocycles. The maximum absolute atomic E-state index is 11.4. The molecular formula is C82H189N3O16. The van der Waals surface area contributed by atoms with Crippen molar-refractivity contribution in [3.8, 4) is 0 Å². The van der Waals surface area contributed by atoms with Crippen molar-refractivity contribution in [2.45, 2.75) is 338 Å².